The van der Waals surface area contributed by atoms with Gasteiger partial charge in [0.15, 0.2) is 5.69 Å². The Bertz CT molecular complexity index is 1190. The van der Waals surface area contributed by atoms with Crippen LogP contribution in [-0.2, 0) is 23.8 Å². The first-order valence-electron chi connectivity index (χ1n) is 12.3. The number of rotatable bonds is 9. The van der Waals surface area contributed by atoms with Crippen molar-refractivity contribution >= 4 is 34.7 Å². The zero-order chi connectivity index (χ0) is 26.7. The van der Waals surface area contributed by atoms with Crippen molar-refractivity contribution in [1.29, 1.82) is 0 Å². The quantitative estimate of drug-likeness (QED) is 0.430. The Morgan fingerprint density at radius 1 is 1.24 bits per heavy atom. The van der Waals surface area contributed by atoms with Gasteiger partial charge in [0.1, 0.15) is 0 Å². The minimum atomic E-state index is -4.60. The molecule has 1 aliphatic carbocycles. The van der Waals surface area contributed by atoms with Gasteiger partial charge in [0.25, 0.3) is 0 Å². The Balaban J connectivity index is 1.48. The molecule has 1 aliphatic heterocycles. The van der Waals surface area contributed by atoms with Crippen molar-refractivity contribution in [3.8, 4) is 0 Å². The van der Waals surface area contributed by atoms with Gasteiger partial charge in [-0.25, -0.2) is 4.98 Å². The highest BCUT2D eigenvalue weighted by Gasteiger charge is 2.36. The van der Waals surface area contributed by atoms with E-state index in [9.17, 15) is 18.0 Å². The number of alkyl halides is 3. The van der Waals surface area contributed by atoms with E-state index in [1.165, 1.54) is 28.8 Å². The molecule has 11 heteroatoms. The van der Waals surface area contributed by atoms with Gasteiger partial charge in [0, 0.05) is 29.8 Å². The second-order valence-electron chi connectivity index (χ2n) is 9.45. The molecule has 1 unspecified atom stereocenters. The first-order chi connectivity index (χ1) is 17.6. The van der Waals surface area contributed by atoms with Gasteiger partial charge in [-0.2, -0.15) is 13.2 Å². The number of halogens is 5. The molecule has 2 atom stereocenters. The van der Waals surface area contributed by atoms with Crippen LogP contribution in [0.15, 0.2) is 35.9 Å². The van der Waals surface area contributed by atoms with Gasteiger partial charge < -0.3 is 16.8 Å². The average Bonchev–Trinajstić information content (AvgIpc) is 3.21. The number of aryl methyl sites for hydroxylation is 1. The summed E-state index contributed by atoms with van der Waals surface area (Å²) in [6.45, 7) is 2.09. The van der Waals surface area contributed by atoms with Crippen molar-refractivity contribution in [2.75, 3.05) is 26.2 Å². The minimum Gasteiger partial charge on any atom is -0.353 e. The molecule has 0 saturated heterocycles. The summed E-state index contributed by atoms with van der Waals surface area (Å²) in [4.78, 5) is 18.6. The van der Waals surface area contributed by atoms with Gasteiger partial charge in [0.05, 0.1) is 11.1 Å². The van der Waals surface area contributed by atoms with Crippen LogP contribution in [0.25, 0.3) is 5.57 Å². The molecule has 1 amide bonds. The van der Waals surface area contributed by atoms with Crippen molar-refractivity contribution in [1.82, 2.24) is 15.2 Å². The summed E-state index contributed by atoms with van der Waals surface area (Å²) in [7, 11) is 0. The van der Waals surface area contributed by atoms with Crippen LogP contribution < -0.4 is 16.8 Å². The van der Waals surface area contributed by atoms with E-state index in [4.69, 9.17) is 34.7 Å². The number of pyridine rings is 1. The number of aromatic nitrogens is 1. The normalized spacial score (nSPS) is 18.5. The Morgan fingerprint density at radius 2 is 2.03 bits per heavy atom. The van der Waals surface area contributed by atoms with E-state index in [0.717, 1.165) is 24.9 Å². The Labute approximate surface area is 224 Å². The predicted octanol–water partition coefficient (Wildman–Crippen LogP) is 4.22. The van der Waals surface area contributed by atoms with E-state index in [-0.39, 0.29) is 11.9 Å². The first-order valence-corrected chi connectivity index (χ1v) is 13.0. The lowest BCUT2D eigenvalue weighted by atomic mass is 9.92. The fourth-order valence-electron chi connectivity index (χ4n) is 5.16. The smallest absolute Gasteiger partial charge is 0.353 e. The lowest BCUT2D eigenvalue weighted by Gasteiger charge is -2.38. The number of hydrogen-bond donors (Lipinski definition) is 3. The maximum absolute atomic E-state index is 13.2. The number of nitrogens with zero attached hydrogens (tertiary/aromatic N) is 2. The summed E-state index contributed by atoms with van der Waals surface area (Å²) in [6, 6.07) is 7.95. The molecular formula is C26H30Cl2F3N5O. The minimum absolute atomic E-state index is 0.0622. The van der Waals surface area contributed by atoms with Gasteiger partial charge in [-0.05, 0) is 91.7 Å². The van der Waals surface area contributed by atoms with Crippen LogP contribution in [0.3, 0.4) is 0 Å². The molecule has 200 valence electrons. The second-order valence-corrected chi connectivity index (χ2v) is 10.3. The molecule has 5 N–H and O–H groups in total. The van der Waals surface area contributed by atoms with Crippen molar-refractivity contribution in [3.63, 3.8) is 0 Å². The summed E-state index contributed by atoms with van der Waals surface area (Å²) in [5.74, 6) is -0.248. The number of amides is 1. The molecule has 1 aromatic carbocycles. The fraction of sp³-hybridized carbons (Fsp3) is 0.462. The Kier molecular flexibility index (Phi) is 8.81. The van der Waals surface area contributed by atoms with E-state index in [1.54, 1.807) is 0 Å². The van der Waals surface area contributed by atoms with Gasteiger partial charge in [-0.15, -0.1) is 0 Å². The van der Waals surface area contributed by atoms with Gasteiger partial charge in [-0.1, -0.05) is 29.3 Å². The summed E-state index contributed by atoms with van der Waals surface area (Å²) < 4.78 is 39.6. The molecule has 37 heavy (non-hydrogen) atoms. The molecule has 0 bridgehead atoms. The lowest BCUT2D eigenvalue weighted by molar-refractivity contribution is -0.141. The van der Waals surface area contributed by atoms with Gasteiger partial charge >= 0.3 is 6.18 Å². The molecule has 2 aliphatic rings. The highest BCUT2D eigenvalue weighted by Crippen LogP contribution is 2.42. The molecule has 1 aromatic heterocycles. The fourth-order valence-corrected chi connectivity index (χ4v) is 5.54. The van der Waals surface area contributed by atoms with Gasteiger partial charge in [0.2, 0.25) is 5.91 Å². The lowest BCUT2D eigenvalue weighted by Crippen LogP contribution is -2.51. The van der Waals surface area contributed by atoms with Gasteiger partial charge in [-0.3, -0.25) is 9.69 Å². The number of carbonyl (C=O) groups excluding carboxylic acids is 1. The average molecular weight is 556 g/mol. The van der Waals surface area contributed by atoms with Crippen LogP contribution in [0.4, 0.5) is 13.2 Å². The number of fused-ring (bicyclic) bond motifs is 2. The summed E-state index contributed by atoms with van der Waals surface area (Å²) in [5, 5.41) is 3.26. The number of benzene rings is 1. The third kappa shape index (κ3) is 6.46. The molecule has 0 fully saturated rings. The highest BCUT2D eigenvalue weighted by atomic mass is 35.5. The third-order valence-corrected chi connectivity index (χ3v) is 7.53. The van der Waals surface area contributed by atoms with Crippen LogP contribution in [0.1, 0.15) is 41.8 Å². The number of carbonyl (C=O) groups is 1. The van der Waals surface area contributed by atoms with E-state index in [1.807, 2.05) is 18.2 Å². The van der Waals surface area contributed by atoms with E-state index >= 15 is 0 Å². The SMILES string of the molecule is NCC[C@H](N)C(=O)NCC1C2=C(CCN1CCCc1ccc(Cl)c(C(F)(F)F)n1)c1cc(Cl)ccc1C2. The summed E-state index contributed by atoms with van der Waals surface area (Å²) >= 11 is 12.0. The Morgan fingerprint density at radius 3 is 2.76 bits per heavy atom. The molecule has 2 heterocycles. The van der Waals surface area contributed by atoms with Crippen molar-refractivity contribution < 1.29 is 18.0 Å². The van der Waals surface area contributed by atoms with Crippen LogP contribution in [0, 0.1) is 0 Å². The molecule has 0 saturated carbocycles. The maximum Gasteiger partial charge on any atom is 0.434 e. The summed E-state index contributed by atoms with van der Waals surface area (Å²) in [6.07, 6.45) is -1.63. The number of hydrogen-bond acceptors (Lipinski definition) is 5. The molecular weight excluding hydrogens is 526 g/mol. The van der Waals surface area contributed by atoms with Crippen LogP contribution >= 0.6 is 23.2 Å². The second kappa shape index (κ2) is 11.7. The van der Waals surface area contributed by atoms with Crippen molar-refractivity contribution in [2.45, 2.75) is 50.4 Å². The summed E-state index contributed by atoms with van der Waals surface area (Å²) in [5.41, 5.74) is 15.6. The zero-order valence-corrected chi connectivity index (χ0v) is 21.8. The largest absolute Gasteiger partial charge is 0.434 e. The van der Waals surface area contributed by atoms with Crippen molar-refractivity contribution in [2.24, 2.45) is 11.5 Å². The van der Waals surface area contributed by atoms with Crippen LogP contribution in [0.5, 0.6) is 0 Å². The van der Waals surface area contributed by atoms with Crippen LogP contribution in [0.2, 0.25) is 10.0 Å². The van der Waals surface area contributed by atoms with Crippen LogP contribution in [-0.4, -0.2) is 54.1 Å². The number of nitrogens with one attached hydrogen (secondary N) is 1. The molecule has 0 radical (unpaired) electrons. The highest BCUT2D eigenvalue weighted by molar-refractivity contribution is 6.31. The molecule has 2 aromatic rings. The number of nitrogens with two attached hydrogens (primary N) is 2. The Hall–Kier alpha value is -2.17. The first kappa shape index (κ1) is 27.9. The van der Waals surface area contributed by atoms with E-state index < -0.39 is 22.9 Å². The predicted molar refractivity (Wildman–Crippen MR) is 139 cm³/mol. The molecule has 4 rings (SSSR count). The standard InChI is InChI=1S/C26H30Cl2F3N5O/c27-16-4-3-15-12-20-18(19(15)13-16)8-11-36(23(20)14-34-25(37)22(33)7-9-32)10-1-2-17-5-6-21(28)24(35-17)26(29,30)31/h3-6,13,22-23H,1-2,7-12,14,32-33H2,(H,34,37)/t22-,23?/m0/s1. The third-order valence-electron chi connectivity index (χ3n) is 6.99. The monoisotopic (exact) mass is 555 g/mol. The topological polar surface area (TPSA) is 97.3 Å². The van der Waals surface area contributed by atoms with Crippen molar-refractivity contribution in [3.05, 3.63) is 68.5 Å². The molecule has 6 nitrogen and oxygen atoms in total. The van der Waals surface area contributed by atoms with E-state index in [2.05, 4.69) is 15.2 Å². The maximum atomic E-state index is 13.2. The van der Waals surface area contributed by atoms with E-state index in [0.29, 0.717) is 49.6 Å². The zero-order valence-electron chi connectivity index (χ0n) is 20.3. The molecule has 0 spiro atoms.